The van der Waals surface area contributed by atoms with Crippen molar-refractivity contribution >= 4 is 29.8 Å². The van der Waals surface area contributed by atoms with Crippen LogP contribution in [0.25, 0.3) is 0 Å². The van der Waals surface area contributed by atoms with Crippen LogP contribution >= 0.6 is 0 Å². The fraction of sp³-hybridized carbons (Fsp3) is 0.703. The molecule has 0 bridgehead atoms. The quantitative estimate of drug-likeness (QED) is 0.0629. The van der Waals surface area contributed by atoms with Crippen molar-refractivity contribution in [1.82, 2.24) is 0 Å². The second-order valence-electron chi connectivity index (χ2n) is 13.5. The average molecular weight is 625 g/mol. The van der Waals surface area contributed by atoms with E-state index in [2.05, 4.69) is 6.92 Å². The lowest BCUT2D eigenvalue weighted by Crippen LogP contribution is -2.51. The first-order chi connectivity index (χ1) is 21.8. The van der Waals surface area contributed by atoms with Crippen LogP contribution in [0.1, 0.15) is 146 Å². The summed E-state index contributed by atoms with van der Waals surface area (Å²) in [6.07, 6.45) is 19.8. The molecule has 0 spiro atoms. The highest BCUT2D eigenvalue weighted by atomic mass is 16.6. The minimum absolute atomic E-state index is 0.158. The maximum absolute atomic E-state index is 13.2. The number of cyclic esters (lactones) is 4. The molecule has 8 nitrogen and oxygen atoms in total. The molecule has 2 aliphatic heterocycles. The molecular weight excluding hydrogens is 572 g/mol. The Morgan fingerprint density at radius 1 is 0.756 bits per heavy atom. The number of hydrogen-bond donors (Lipinski definition) is 0. The smallest absolute Gasteiger partial charge is 0.321 e. The van der Waals surface area contributed by atoms with Gasteiger partial charge in [-0.2, -0.15) is 0 Å². The van der Waals surface area contributed by atoms with E-state index in [9.17, 15) is 24.0 Å². The molecule has 2 saturated heterocycles. The maximum Gasteiger partial charge on any atom is 0.321 e. The number of carbonyl (C=O) groups is 5. The standard InChI is InChI=1S/C37H52O8/c1-3-4-5-6-7-8-9-10-11-12-13-14-15-16-17-20-23-43-30(38)24-28-33-32(35(41)45-36(33)42)26-21-18-19-22-27(26)37(28,2)29-25-31(39)44-34(29)40/h18-19,21-22,28-29,32-33H,3-17,20,23-25H2,1-2H3. The fourth-order valence-electron chi connectivity index (χ4n) is 7.85. The van der Waals surface area contributed by atoms with E-state index in [1.807, 2.05) is 0 Å². The first kappa shape index (κ1) is 34.8. The lowest BCUT2D eigenvalue weighted by molar-refractivity contribution is -0.158. The molecule has 5 atom stereocenters. The maximum atomic E-state index is 13.2. The van der Waals surface area contributed by atoms with Crippen LogP contribution in [0.2, 0.25) is 0 Å². The highest BCUT2D eigenvalue weighted by Gasteiger charge is 2.64. The second-order valence-corrected chi connectivity index (χ2v) is 13.5. The molecule has 0 radical (unpaired) electrons. The number of rotatable bonds is 20. The molecular formula is C37H52O8. The van der Waals surface area contributed by atoms with E-state index in [1.165, 1.54) is 83.5 Å². The Morgan fingerprint density at radius 3 is 1.87 bits per heavy atom. The van der Waals surface area contributed by atoms with Crippen molar-refractivity contribution in [2.75, 3.05) is 6.61 Å². The van der Waals surface area contributed by atoms with E-state index in [1.54, 1.807) is 31.2 Å². The van der Waals surface area contributed by atoms with Gasteiger partial charge >= 0.3 is 29.8 Å². The largest absolute Gasteiger partial charge is 0.466 e. The summed E-state index contributed by atoms with van der Waals surface area (Å²) in [5, 5.41) is 0. The van der Waals surface area contributed by atoms with Gasteiger partial charge in [0.15, 0.2) is 0 Å². The van der Waals surface area contributed by atoms with Crippen molar-refractivity contribution in [1.29, 1.82) is 0 Å². The number of benzene rings is 1. The van der Waals surface area contributed by atoms with Crippen molar-refractivity contribution in [2.45, 2.75) is 141 Å². The van der Waals surface area contributed by atoms with Crippen molar-refractivity contribution in [3.05, 3.63) is 35.4 Å². The Morgan fingerprint density at radius 2 is 1.31 bits per heavy atom. The van der Waals surface area contributed by atoms with E-state index in [0.717, 1.165) is 19.3 Å². The topological polar surface area (TPSA) is 113 Å². The molecule has 0 aromatic heterocycles. The van der Waals surface area contributed by atoms with Crippen LogP contribution in [0.3, 0.4) is 0 Å². The van der Waals surface area contributed by atoms with Gasteiger partial charge in [0.2, 0.25) is 0 Å². The van der Waals surface area contributed by atoms with Crippen LogP contribution in [0, 0.1) is 17.8 Å². The molecule has 1 aromatic carbocycles. The molecule has 5 unspecified atom stereocenters. The van der Waals surface area contributed by atoms with Gasteiger partial charge in [-0.15, -0.1) is 0 Å². The second kappa shape index (κ2) is 17.0. The summed E-state index contributed by atoms with van der Waals surface area (Å²) < 4.78 is 15.6. The summed E-state index contributed by atoms with van der Waals surface area (Å²) >= 11 is 0. The van der Waals surface area contributed by atoms with Crippen LogP contribution in [0.4, 0.5) is 0 Å². The number of unbranched alkanes of at least 4 members (excludes halogenated alkanes) is 15. The third-order valence-corrected chi connectivity index (χ3v) is 10.4. The summed E-state index contributed by atoms with van der Waals surface area (Å²) in [5.41, 5.74) is 0.133. The molecule has 0 amide bonds. The number of esters is 5. The van der Waals surface area contributed by atoms with Gasteiger partial charge in [-0.1, -0.05) is 134 Å². The lowest BCUT2D eigenvalue weighted by atomic mass is 9.51. The molecule has 2 heterocycles. The van der Waals surface area contributed by atoms with Gasteiger partial charge in [0, 0.05) is 5.41 Å². The molecule has 4 rings (SSSR count). The third kappa shape index (κ3) is 8.62. The first-order valence-electron chi connectivity index (χ1n) is 17.5. The zero-order valence-corrected chi connectivity index (χ0v) is 27.3. The number of ether oxygens (including phenoxy) is 3. The van der Waals surface area contributed by atoms with E-state index < -0.39 is 58.9 Å². The highest BCUT2D eigenvalue weighted by molar-refractivity contribution is 6.02. The summed E-state index contributed by atoms with van der Waals surface area (Å²) in [4.78, 5) is 64.0. The van der Waals surface area contributed by atoms with Crippen LogP contribution in [-0.4, -0.2) is 36.5 Å². The summed E-state index contributed by atoms with van der Waals surface area (Å²) in [7, 11) is 0. The summed E-state index contributed by atoms with van der Waals surface area (Å²) in [5.74, 6) is -6.67. The van der Waals surface area contributed by atoms with Gasteiger partial charge in [0.25, 0.3) is 0 Å². The van der Waals surface area contributed by atoms with Gasteiger partial charge in [0.1, 0.15) is 0 Å². The molecule has 3 aliphatic rings. The van der Waals surface area contributed by atoms with Crippen LogP contribution in [0.5, 0.6) is 0 Å². The Kier molecular flexibility index (Phi) is 13.2. The molecule has 0 N–H and O–H groups in total. The zero-order chi connectivity index (χ0) is 32.2. The van der Waals surface area contributed by atoms with E-state index in [0.29, 0.717) is 11.1 Å². The molecule has 0 saturated carbocycles. The Labute approximate surface area is 268 Å². The Bertz CT molecular complexity index is 1190. The first-order valence-corrected chi connectivity index (χ1v) is 17.5. The monoisotopic (exact) mass is 624 g/mol. The third-order valence-electron chi connectivity index (χ3n) is 10.4. The Hall–Kier alpha value is -3.03. The normalized spacial score (nSPS) is 25.6. The fourth-order valence-corrected chi connectivity index (χ4v) is 7.85. The molecule has 1 aliphatic carbocycles. The van der Waals surface area contributed by atoms with Gasteiger partial charge in [-0.05, 0) is 23.5 Å². The predicted molar refractivity (Wildman–Crippen MR) is 169 cm³/mol. The van der Waals surface area contributed by atoms with Crippen molar-refractivity contribution in [2.24, 2.45) is 17.8 Å². The molecule has 45 heavy (non-hydrogen) atoms. The Balaban J connectivity index is 1.20. The molecule has 2 fully saturated rings. The lowest BCUT2D eigenvalue weighted by Gasteiger charge is -2.48. The van der Waals surface area contributed by atoms with Gasteiger partial charge < -0.3 is 14.2 Å². The zero-order valence-electron chi connectivity index (χ0n) is 27.3. The molecule has 8 heteroatoms. The summed E-state index contributed by atoms with van der Waals surface area (Å²) in [6, 6.07) is 7.09. The van der Waals surface area contributed by atoms with Crippen LogP contribution < -0.4 is 0 Å². The van der Waals surface area contributed by atoms with Crippen molar-refractivity contribution in [3.63, 3.8) is 0 Å². The minimum atomic E-state index is -1.11. The van der Waals surface area contributed by atoms with Gasteiger partial charge in [-0.25, -0.2) is 0 Å². The summed E-state index contributed by atoms with van der Waals surface area (Å²) in [6.45, 7) is 4.32. The average Bonchev–Trinajstić information content (AvgIpc) is 3.52. The number of hydrogen-bond acceptors (Lipinski definition) is 8. The SMILES string of the molecule is CCCCCCCCCCCCCCCCCCOC(=O)CC1C2C(=O)OC(=O)C2c2ccccc2C1(C)C1CC(=O)OC1=O. The van der Waals surface area contributed by atoms with Gasteiger partial charge in [0.05, 0.1) is 37.2 Å². The van der Waals surface area contributed by atoms with Crippen molar-refractivity contribution in [3.8, 4) is 0 Å². The van der Waals surface area contributed by atoms with Crippen LogP contribution in [0.15, 0.2) is 24.3 Å². The minimum Gasteiger partial charge on any atom is -0.466 e. The highest BCUT2D eigenvalue weighted by Crippen LogP contribution is 2.58. The predicted octanol–water partition coefficient (Wildman–Crippen LogP) is 7.64. The van der Waals surface area contributed by atoms with Crippen LogP contribution in [-0.2, 0) is 43.6 Å². The van der Waals surface area contributed by atoms with Crippen molar-refractivity contribution < 1.29 is 38.2 Å². The van der Waals surface area contributed by atoms with Gasteiger partial charge in [-0.3, -0.25) is 24.0 Å². The molecule has 1 aromatic rings. The van der Waals surface area contributed by atoms with E-state index >= 15 is 0 Å². The number of carbonyl (C=O) groups excluding carboxylic acids is 5. The van der Waals surface area contributed by atoms with E-state index in [-0.39, 0.29) is 19.4 Å². The molecule has 248 valence electrons. The van der Waals surface area contributed by atoms with E-state index in [4.69, 9.17) is 14.2 Å². The number of fused-ring (bicyclic) bond motifs is 3.